The Morgan fingerprint density at radius 3 is 2.33 bits per heavy atom. The first-order valence-electron chi connectivity index (χ1n) is 5.25. The van der Waals surface area contributed by atoms with Crippen LogP contribution in [0, 0.1) is 5.92 Å². The number of hydrogen-bond donors (Lipinski definition) is 2. The third-order valence-corrected chi connectivity index (χ3v) is 4.79. The minimum atomic E-state index is -3.86. The zero-order valence-corrected chi connectivity index (χ0v) is 12.3. The van der Waals surface area contributed by atoms with E-state index in [4.69, 9.17) is 5.11 Å². The number of carboxylic acids is 1. The monoisotopic (exact) mass is 335 g/mol. The molecule has 0 aliphatic carbocycles. The molecule has 0 amide bonds. The summed E-state index contributed by atoms with van der Waals surface area (Å²) in [6, 6.07) is 5.10. The van der Waals surface area contributed by atoms with E-state index < -0.39 is 22.0 Å². The summed E-state index contributed by atoms with van der Waals surface area (Å²) in [5.74, 6) is -1.54. The second-order valence-corrected chi connectivity index (χ2v) is 6.65. The van der Waals surface area contributed by atoms with Gasteiger partial charge in [0.25, 0.3) is 0 Å². The van der Waals surface area contributed by atoms with Crippen LogP contribution in [0.15, 0.2) is 33.6 Å². The minimum Gasteiger partial charge on any atom is -0.480 e. The van der Waals surface area contributed by atoms with Gasteiger partial charge in [0.2, 0.25) is 10.0 Å². The lowest BCUT2D eigenvalue weighted by atomic mass is 10.1. The van der Waals surface area contributed by atoms with Gasteiger partial charge in [-0.05, 0) is 34.0 Å². The fourth-order valence-electron chi connectivity index (χ4n) is 1.36. The molecule has 1 aromatic rings. The average Bonchev–Trinajstić information content (AvgIpc) is 2.25. The van der Waals surface area contributed by atoms with E-state index in [1.807, 2.05) is 0 Å². The maximum absolute atomic E-state index is 12.1. The van der Waals surface area contributed by atoms with Crippen molar-refractivity contribution < 1.29 is 18.3 Å². The molecular formula is C11H14BrNO4S. The van der Waals surface area contributed by atoms with Gasteiger partial charge in [0.05, 0.1) is 4.90 Å². The van der Waals surface area contributed by atoms with Gasteiger partial charge < -0.3 is 5.11 Å². The summed E-state index contributed by atoms with van der Waals surface area (Å²) in [6.07, 6.45) is 0. The van der Waals surface area contributed by atoms with Crippen LogP contribution in [0.4, 0.5) is 0 Å². The first kappa shape index (κ1) is 15.1. The summed E-state index contributed by atoms with van der Waals surface area (Å²) >= 11 is 3.13. The van der Waals surface area contributed by atoms with Crippen LogP contribution in [-0.2, 0) is 14.8 Å². The van der Waals surface area contributed by atoms with E-state index in [1.165, 1.54) is 6.07 Å². The van der Waals surface area contributed by atoms with E-state index in [0.717, 1.165) is 0 Å². The maximum Gasteiger partial charge on any atom is 0.322 e. The maximum atomic E-state index is 12.1. The fourth-order valence-corrected chi connectivity index (χ4v) is 3.71. The summed E-state index contributed by atoms with van der Waals surface area (Å²) in [4.78, 5) is 11.0. The minimum absolute atomic E-state index is 0.0249. The highest BCUT2D eigenvalue weighted by Crippen LogP contribution is 2.21. The molecule has 0 heterocycles. The number of halogens is 1. The molecule has 0 saturated heterocycles. The Hall–Kier alpha value is -0.920. The highest BCUT2D eigenvalue weighted by Gasteiger charge is 2.28. The molecule has 100 valence electrons. The Morgan fingerprint density at radius 1 is 1.33 bits per heavy atom. The lowest BCUT2D eigenvalue weighted by Crippen LogP contribution is -2.44. The third kappa shape index (κ3) is 3.54. The molecule has 1 rings (SSSR count). The molecule has 0 bridgehead atoms. The van der Waals surface area contributed by atoms with Gasteiger partial charge in [-0.1, -0.05) is 26.0 Å². The number of benzene rings is 1. The molecule has 7 heteroatoms. The standard InChI is InChI=1S/C11H14BrNO4S/c1-7(2)10(11(14)15)13-18(16,17)9-6-4-3-5-8(9)12/h3-7,10,13H,1-2H3,(H,14,15). The van der Waals surface area contributed by atoms with Crippen molar-refractivity contribution in [2.24, 2.45) is 5.92 Å². The van der Waals surface area contributed by atoms with E-state index >= 15 is 0 Å². The van der Waals surface area contributed by atoms with Gasteiger partial charge in [0.15, 0.2) is 0 Å². The SMILES string of the molecule is CC(C)C(NS(=O)(=O)c1ccccc1Br)C(=O)O. The number of aliphatic carboxylic acids is 1. The summed E-state index contributed by atoms with van der Waals surface area (Å²) < 4.78 is 26.7. The quantitative estimate of drug-likeness (QED) is 0.859. The fraction of sp³-hybridized carbons (Fsp3) is 0.364. The number of sulfonamides is 1. The van der Waals surface area contributed by atoms with Gasteiger partial charge in [0, 0.05) is 4.47 Å². The number of rotatable bonds is 5. The summed E-state index contributed by atoms with van der Waals surface area (Å²) in [7, 11) is -3.86. The summed E-state index contributed by atoms with van der Waals surface area (Å²) in [6.45, 7) is 3.28. The highest BCUT2D eigenvalue weighted by molar-refractivity contribution is 9.10. The van der Waals surface area contributed by atoms with Gasteiger partial charge in [-0.15, -0.1) is 0 Å². The van der Waals surface area contributed by atoms with Crippen molar-refractivity contribution in [3.63, 3.8) is 0 Å². The Kier molecular flexibility index (Phi) is 4.89. The van der Waals surface area contributed by atoms with Gasteiger partial charge in [-0.25, -0.2) is 8.42 Å². The van der Waals surface area contributed by atoms with Crippen LogP contribution in [0.25, 0.3) is 0 Å². The summed E-state index contributed by atoms with van der Waals surface area (Å²) in [5.41, 5.74) is 0. The van der Waals surface area contributed by atoms with Crippen molar-refractivity contribution in [1.29, 1.82) is 0 Å². The van der Waals surface area contributed by atoms with Gasteiger partial charge in [-0.2, -0.15) is 4.72 Å². The number of carbonyl (C=O) groups is 1. The van der Waals surface area contributed by atoms with Gasteiger partial charge in [-0.3, -0.25) is 4.79 Å². The molecule has 5 nitrogen and oxygen atoms in total. The van der Waals surface area contributed by atoms with E-state index in [2.05, 4.69) is 20.7 Å². The zero-order valence-electron chi connectivity index (χ0n) is 9.92. The molecule has 0 aliphatic rings. The second kappa shape index (κ2) is 5.81. The van der Waals surface area contributed by atoms with E-state index in [0.29, 0.717) is 4.47 Å². The molecule has 0 aliphatic heterocycles. The van der Waals surface area contributed by atoms with Crippen LogP contribution < -0.4 is 4.72 Å². The molecule has 1 unspecified atom stereocenters. The lowest BCUT2D eigenvalue weighted by Gasteiger charge is -2.18. The van der Waals surface area contributed by atoms with Gasteiger partial charge >= 0.3 is 5.97 Å². The van der Waals surface area contributed by atoms with Crippen molar-refractivity contribution >= 4 is 31.9 Å². The Bertz CT molecular complexity index is 542. The van der Waals surface area contributed by atoms with Crippen LogP contribution >= 0.6 is 15.9 Å². The first-order valence-corrected chi connectivity index (χ1v) is 7.53. The lowest BCUT2D eigenvalue weighted by molar-refractivity contribution is -0.140. The van der Waals surface area contributed by atoms with Crippen LogP contribution in [-0.4, -0.2) is 25.5 Å². The van der Waals surface area contributed by atoms with Crippen LogP contribution in [0.3, 0.4) is 0 Å². The van der Waals surface area contributed by atoms with Crippen LogP contribution in [0.5, 0.6) is 0 Å². The molecule has 0 radical (unpaired) electrons. The van der Waals surface area contributed by atoms with Crippen molar-refractivity contribution in [1.82, 2.24) is 4.72 Å². The molecule has 0 fully saturated rings. The van der Waals surface area contributed by atoms with Crippen molar-refractivity contribution in [3.8, 4) is 0 Å². The predicted molar refractivity (Wildman–Crippen MR) is 70.7 cm³/mol. The van der Waals surface area contributed by atoms with Crippen LogP contribution in [0.1, 0.15) is 13.8 Å². The predicted octanol–water partition coefficient (Wildman–Crippen LogP) is 1.84. The van der Waals surface area contributed by atoms with Crippen LogP contribution in [0.2, 0.25) is 0 Å². The molecule has 0 saturated carbocycles. The van der Waals surface area contributed by atoms with E-state index in [1.54, 1.807) is 32.0 Å². The van der Waals surface area contributed by atoms with E-state index in [9.17, 15) is 13.2 Å². The number of nitrogens with one attached hydrogen (secondary N) is 1. The molecule has 0 spiro atoms. The molecule has 18 heavy (non-hydrogen) atoms. The number of carboxylic acid groups (broad SMARTS) is 1. The normalized spacial score (nSPS) is 13.6. The van der Waals surface area contributed by atoms with Crippen molar-refractivity contribution in [3.05, 3.63) is 28.7 Å². The Balaban J connectivity index is 3.09. The third-order valence-electron chi connectivity index (χ3n) is 2.34. The first-order chi connectivity index (χ1) is 8.25. The van der Waals surface area contributed by atoms with Crippen molar-refractivity contribution in [2.75, 3.05) is 0 Å². The summed E-state index contributed by atoms with van der Waals surface area (Å²) in [5, 5.41) is 8.98. The topological polar surface area (TPSA) is 83.5 Å². The largest absolute Gasteiger partial charge is 0.480 e. The zero-order chi connectivity index (χ0) is 13.9. The molecule has 1 aromatic carbocycles. The molecular weight excluding hydrogens is 322 g/mol. The smallest absolute Gasteiger partial charge is 0.322 e. The Labute approximate surface area is 114 Å². The van der Waals surface area contributed by atoms with Crippen molar-refractivity contribution in [2.45, 2.75) is 24.8 Å². The Morgan fingerprint density at radius 2 is 1.89 bits per heavy atom. The molecule has 2 N–H and O–H groups in total. The number of hydrogen-bond acceptors (Lipinski definition) is 3. The second-order valence-electron chi connectivity index (χ2n) is 4.11. The van der Waals surface area contributed by atoms with E-state index in [-0.39, 0.29) is 10.8 Å². The molecule has 1 atom stereocenters. The average molecular weight is 336 g/mol. The van der Waals surface area contributed by atoms with Gasteiger partial charge in [0.1, 0.15) is 6.04 Å². The molecule has 0 aromatic heterocycles. The highest BCUT2D eigenvalue weighted by atomic mass is 79.9.